The fourth-order valence-corrected chi connectivity index (χ4v) is 3.01. The lowest BCUT2D eigenvalue weighted by atomic mass is 10.1. The molecule has 1 aromatic carbocycles. The minimum Gasteiger partial charge on any atom is -0.488 e. The van der Waals surface area contributed by atoms with E-state index in [1.807, 2.05) is 11.0 Å². The van der Waals surface area contributed by atoms with Crippen molar-refractivity contribution in [2.24, 2.45) is 0 Å². The molecule has 25 heavy (non-hydrogen) atoms. The Balaban J connectivity index is 1.82. The van der Waals surface area contributed by atoms with Gasteiger partial charge in [-0.2, -0.15) is 0 Å². The first kappa shape index (κ1) is 15.7. The Morgan fingerprint density at radius 1 is 1.16 bits per heavy atom. The van der Waals surface area contributed by atoms with Crippen LogP contribution in [0.5, 0.6) is 5.75 Å². The number of hydrogen-bond donors (Lipinski definition) is 1. The number of benzene rings is 1. The quantitative estimate of drug-likeness (QED) is 0.750. The van der Waals surface area contributed by atoms with E-state index in [4.69, 9.17) is 22.1 Å². The number of ether oxygens (including phenoxy) is 1. The lowest BCUT2D eigenvalue weighted by molar-refractivity contribution is 0.313. The first-order valence-corrected chi connectivity index (χ1v) is 8.07. The van der Waals surface area contributed by atoms with Crippen LogP contribution in [0.3, 0.4) is 0 Å². The Hall–Kier alpha value is -2.86. The summed E-state index contributed by atoms with van der Waals surface area (Å²) in [6, 6.07) is 9.84. The van der Waals surface area contributed by atoms with Gasteiger partial charge in [-0.3, -0.25) is 4.98 Å². The topological polar surface area (TPSA) is 64.3 Å². The third kappa shape index (κ3) is 2.96. The molecule has 0 saturated carbocycles. The highest BCUT2D eigenvalue weighted by Crippen LogP contribution is 2.39. The molecule has 0 fully saturated rings. The predicted molar refractivity (Wildman–Crippen MR) is 95.8 cm³/mol. The number of nitrogen functional groups attached to an aromatic ring is 1. The van der Waals surface area contributed by atoms with Crippen molar-refractivity contribution in [2.75, 3.05) is 23.8 Å². The van der Waals surface area contributed by atoms with Crippen molar-refractivity contribution < 1.29 is 9.13 Å². The Morgan fingerprint density at radius 3 is 2.88 bits per heavy atom. The molecular formula is C18H14ClFN4O. The van der Waals surface area contributed by atoms with Gasteiger partial charge in [0.05, 0.1) is 24.1 Å². The molecule has 3 heterocycles. The molecular weight excluding hydrogens is 343 g/mol. The van der Waals surface area contributed by atoms with Crippen LogP contribution in [0, 0.1) is 5.82 Å². The van der Waals surface area contributed by atoms with Gasteiger partial charge in [0.2, 0.25) is 0 Å². The van der Waals surface area contributed by atoms with E-state index >= 15 is 0 Å². The maximum Gasteiger partial charge on any atom is 0.161 e. The van der Waals surface area contributed by atoms with Crippen molar-refractivity contribution in [2.45, 2.75) is 0 Å². The third-order valence-electron chi connectivity index (χ3n) is 3.99. The van der Waals surface area contributed by atoms with Crippen molar-refractivity contribution in [1.82, 2.24) is 9.97 Å². The van der Waals surface area contributed by atoms with Crippen LogP contribution >= 0.6 is 11.6 Å². The summed E-state index contributed by atoms with van der Waals surface area (Å²) in [5.41, 5.74) is 8.30. The van der Waals surface area contributed by atoms with Gasteiger partial charge in [-0.1, -0.05) is 11.6 Å². The maximum absolute atomic E-state index is 14.2. The van der Waals surface area contributed by atoms with Gasteiger partial charge < -0.3 is 15.4 Å². The summed E-state index contributed by atoms with van der Waals surface area (Å²) in [6.07, 6.45) is 3.25. The fraction of sp³-hybridized carbons (Fsp3) is 0.111. The largest absolute Gasteiger partial charge is 0.488 e. The highest BCUT2D eigenvalue weighted by Gasteiger charge is 2.22. The van der Waals surface area contributed by atoms with Crippen LogP contribution in [0.1, 0.15) is 0 Å². The Kier molecular flexibility index (Phi) is 3.89. The molecule has 0 spiro atoms. The van der Waals surface area contributed by atoms with Crippen LogP contribution in [0.25, 0.3) is 11.3 Å². The van der Waals surface area contributed by atoms with Crippen molar-refractivity contribution in [3.63, 3.8) is 0 Å². The number of pyridine rings is 2. The molecule has 126 valence electrons. The molecule has 0 bridgehead atoms. The van der Waals surface area contributed by atoms with Gasteiger partial charge in [0.1, 0.15) is 18.2 Å². The second-order valence-corrected chi connectivity index (χ2v) is 6.04. The van der Waals surface area contributed by atoms with Crippen LogP contribution in [-0.4, -0.2) is 23.1 Å². The third-order valence-corrected chi connectivity index (χ3v) is 4.23. The number of nitrogens with two attached hydrogens (primary N) is 1. The minimum absolute atomic E-state index is 0.343. The van der Waals surface area contributed by atoms with Crippen molar-refractivity contribution in [3.8, 4) is 17.0 Å². The van der Waals surface area contributed by atoms with Gasteiger partial charge in [0.15, 0.2) is 5.75 Å². The van der Waals surface area contributed by atoms with Gasteiger partial charge in [-0.05, 0) is 30.3 Å². The van der Waals surface area contributed by atoms with Crippen LogP contribution in [-0.2, 0) is 0 Å². The monoisotopic (exact) mass is 356 g/mol. The molecule has 2 aromatic heterocycles. The highest BCUT2D eigenvalue weighted by atomic mass is 35.5. The number of aromatic nitrogens is 2. The van der Waals surface area contributed by atoms with Crippen molar-refractivity contribution in [3.05, 3.63) is 59.6 Å². The molecule has 0 aliphatic carbocycles. The first-order valence-electron chi connectivity index (χ1n) is 7.69. The Bertz CT molecular complexity index is 950. The average Bonchev–Trinajstić information content (AvgIpc) is 2.63. The molecule has 7 heteroatoms. The number of halogens is 2. The molecule has 0 atom stereocenters. The van der Waals surface area contributed by atoms with Gasteiger partial charge in [0.25, 0.3) is 0 Å². The summed E-state index contributed by atoms with van der Waals surface area (Å²) in [5, 5.41) is 0.450. The molecule has 0 amide bonds. The summed E-state index contributed by atoms with van der Waals surface area (Å²) >= 11 is 6.00. The van der Waals surface area contributed by atoms with Crippen molar-refractivity contribution in [1.29, 1.82) is 0 Å². The SMILES string of the molecule is Nc1cc(N2CCOc3cnc(-c4cc(Cl)ccc4F)cc32)ccn1. The standard InChI is InChI=1S/C18H14ClFN4O/c19-11-1-2-14(20)13(7-11)15-9-16-17(10-23-15)25-6-5-24(16)12-3-4-22-18(21)8-12/h1-4,7-10H,5-6H2,(H2,21,22). The van der Waals surface area contributed by atoms with E-state index in [0.29, 0.717) is 41.0 Å². The van der Waals surface area contributed by atoms with Crippen molar-refractivity contribution >= 4 is 28.8 Å². The van der Waals surface area contributed by atoms with Crippen LogP contribution in [0.2, 0.25) is 5.02 Å². The number of anilines is 3. The number of hydrogen-bond acceptors (Lipinski definition) is 5. The molecule has 3 aromatic rings. The molecule has 1 aliphatic heterocycles. The Labute approximate surface area is 148 Å². The van der Waals surface area contributed by atoms with Crippen LogP contribution in [0.15, 0.2) is 48.8 Å². The number of rotatable bonds is 2. The van der Waals surface area contributed by atoms with E-state index in [0.717, 1.165) is 11.4 Å². The molecule has 0 unspecified atom stereocenters. The average molecular weight is 357 g/mol. The van der Waals surface area contributed by atoms with E-state index in [2.05, 4.69) is 9.97 Å². The lowest BCUT2D eigenvalue weighted by Gasteiger charge is -2.31. The molecule has 0 radical (unpaired) electrons. The first-order chi connectivity index (χ1) is 12.1. The van der Waals surface area contributed by atoms with E-state index in [-0.39, 0.29) is 5.82 Å². The van der Waals surface area contributed by atoms with E-state index in [9.17, 15) is 4.39 Å². The van der Waals surface area contributed by atoms with E-state index < -0.39 is 0 Å². The molecule has 1 aliphatic rings. The number of fused-ring (bicyclic) bond motifs is 1. The highest BCUT2D eigenvalue weighted by molar-refractivity contribution is 6.30. The fourth-order valence-electron chi connectivity index (χ4n) is 2.84. The van der Waals surface area contributed by atoms with E-state index in [1.165, 1.54) is 12.1 Å². The maximum atomic E-state index is 14.2. The summed E-state index contributed by atoms with van der Waals surface area (Å²) in [7, 11) is 0. The summed E-state index contributed by atoms with van der Waals surface area (Å²) in [5.74, 6) is 0.682. The Morgan fingerprint density at radius 2 is 2.04 bits per heavy atom. The van der Waals surface area contributed by atoms with Crippen LogP contribution in [0.4, 0.5) is 21.6 Å². The predicted octanol–water partition coefficient (Wildman–Crippen LogP) is 4.05. The second kappa shape index (κ2) is 6.22. The molecule has 2 N–H and O–H groups in total. The number of nitrogens with zero attached hydrogens (tertiary/aromatic N) is 3. The zero-order chi connectivity index (χ0) is 17.4. The van der Waals surface area contributed by atoms with Gasteiger partial charge >= 0.3 is 0 Å². The summed E-state index contributed by atoms with van der Waals surface area (Å²) in [4.78, 5) is 10.4. The minimum atomic E-state index is -0.381. The normalized spacial score (nSPS) is 13.3. The zero-order valence-corrected chi connectivity index (χ0v) is 13.9. The smallest absolute Gasteiger partial charge is 0.161 e. The van der Waals surface area contributed by atoms with Crippen LogP contribution < -0.4 is 15.4 Å². The van der Waals surface area contributed by atoms with Gasteiger partial charge in [-0.15, -0.1) is 0 Å². The molecule has 4 rings (SSSR count). The summed E-state index contributed by atoms with van der Waals surface area (Å²) < 4.78 is 19.9. The molecule has 0 saturated heterocycles. The zero-order valence-electron chi connectivity index (χ0n) is 13.1. The van der Waals surface area contributed by atoms with Gasteiger partial charge in [0, 0.05) is 28.5 Å². The van der Waals surface area contributed by atoms with E-state index in [1.54, 1.807) is 30.6 Å². The summed E-state index contributed by atoms with van der Waals surface area (Å²) in [6.45, 7) is 1.15. The van der Waals surface area contributed by atoms with Gasteiger partial charge in [-0.25, -0.2) is 9.37 Å². The second-order valence-electron chi connectivity index (χ2n) is 5.60. The molecule has 5 nitrogen and oxygen atoms in total. The lowest BCUT2D eigenvalue weighted by Crippen LogP contribution is -2.28.